The van der Waals surface area contributed by atoms with Crippen LogP contribution in [-0.2, 0) is 0 Å². The Morgan fingerprint density at radius 2 is 1.96 bits per heavy atom. The second kappa shape index (κ2) is 7.02. The van der Waals surface area contributed by atoms with E-state index >= 15 is 0 Å². The number of para-hydroxylation sites is 1. The zero-order chi connectivity index (χ0) is 16.2. The van der Waals surface area contributed by atoms with Crippen LogP contribution in [0, 0.1) is 0 Å². The lowest BCUT2D eigenvalue weighted by atomic mass is 10.2. The van der Waals surface area contributed by atoms with Crippen molar-refractivity contribution in [2.45, 2.75) is 6.42 Å². The molecule has 2 aromatic rings. The Morgan fingerprint density at radius 1 is 1.22 bits per heavy atom. The Labute approximate surface area is 135 Å². The van der Waals surface area contributed by atoms with Gasteiger partial charge in [-0.3, -0.25) is 0 Å². The molecule has 3 rings (SSSR count). The van der Waals surface area contributed by atoms with E-state index in [2.05, 4.69) is 12.4 Å². The molecule has 23 heavy (non-hydrogen) atoms. The summed E-state index contributed by atoms with van der Waals surface area (Å²) < 4.78 is 5.22. The SMILES string of the molecule is C[NH+]1CC[NH+](CCCNc2c(N)c(=O)oc3ccccc23)CC1. The molecule has 0 radical (unpaired) electrons. The van der Waals surface area contributed by atoms with Gasteiger partial charge in [-0.15, -0.1) is 0 Å². The largest absolute Gasteiger partial charge is 0.421 e. The summed E-state index contributed by atoms with van der Waals surface area (Å²) in [5, 5.41) is 4.20. The van der Waals surface area contributed by atoms with E-state index in [0.717, 1.165) is 24.9 Å². The number of hydrogen-bond acceptors (Lipinski definition) is 4. The summed E-state index contributed by atoms with van der Waals surface area (Å²) >= 11 is 0. The maximum absolute atomic E-state index is 11.8. The third-order valence-electron chi connectivity index (χ3n) is 4.67. The molecule has 1 saturated heterocycles. The number of rotatable bonds is 5. The number of quaternary nitrogens is 2. The zero-order valence-electron chi connectivity index (χ0n) is 13.7. The summed E-state index contributed by atoms with van der Waals surface area (Å²) in [5.74, 6) is 0. The number of piperazine rings is 1. The van der Waals surface area contributed by atoms with Crippen LogP contribution in [0.5, 0.6) is 0 Å². The molecule has 6 heteroatoms. The monoisotopic (exact) mass is 318 g/mol. The molecule has 0 aliphatic carbocycles. The second-order valence-corrected chi connectivity index (χ2v) is 6.41. The second-order valence-electron chi connectivity index (χ2n) is 6.41. The fourth-order valence-corrected chi connectivity index (χ4v) is 3.19. The standard InChI is InChI=1S/C17H24N4O2/c1-20-9-11-21(12-10-20)8-4-7-19-16-13-5-2-3-6-14(13)23-17(22)15(16)18/h2-3,5-6,19H,4,7-12,18H2,1H3/p+2. The van der Waals surface area contributed by atoms with Gasteiger partial charge in [0.1, 0.15) is 37.4 Å². The summed E-state index contributed by atoms with van der Waals surface area (Å²) in [5.41, 5.74) is 6.88. The van der Waals surface area contributed by atoms with E-state index in [4.69, 9.17) is 10.2 Å². The first-order chi connectivity index (χ1) is 11.1. The molecular formula is C17H26N4O2+2. The van der Waals surface area contributed by atoms with Crippen LogP contribution >= 0.6 is 0 Å². The molecule has 1 aliphatic heterocycles. The van der Waals surface area contributed by atoms with Gasteiger partial charge in [0.05, 0.1) is 19.3 Å². The lowest BCUT2D eigenvalue weighted by Crippen LogP contribution is -3.27. The van der Waals surface area contributed by atoms with Gasteiger partial charge in [-0.2, -0.15) is 0 Å². The lowest BCUT2D eigenvalue weighted by Gasteiger charge is -2.27. The first kappa shape index (κ1) is 15.8. The van der Waals surface area contributed by atoms with Gasteiger partial charge in [-0.05, 0) is 12.1 Å². The highest BCUT2D eigenvalue weighted by Crippen LogP contribution is 2.26. The molecule has 5 N–H and O–H groups in total. The van der Waals surface area contributed by atoms with Gasteiger partial charge >= 0.3 is 5.63 Å². The third kappa shape index (κ3) is 3.65. The van der Waals surface area contributed by atoms with Gasteiger partial charge < -0.3 is 25.3 Å². The Hall–Kier alpha value is -2.05. The number of nitrogens with one attached hydrogen (secondary N) is 3. The number of nitrogen functional groups attached to an aromatic ring is 1. The van der Waals surface area contributed by atoms with Crippen LogP contribution in [0.3, 0.4) is 0 Å². The van der Waals surface area contributed by atoms with Gasteiger partial charge in [0.2, 0.25) is 0 Å². The normalized spacial score (nSPS) is 21.4. The van der Waals surface area contributed by atoms with Gasteiger partial charge in [0, 0.05) is 18.4 Å². The van der Waals surface area contributed by atoms with Crippen LogP contribution in [-0.4, -0.2) is 46.3 Å². The number of nitrogens with two attached hydrogens (primary N) is 1. The van der Waals surface area contributed by atoms with Crippen LogP contribution in [0.25, 0.3) is 11.0 Å². The minimum atomic E-state index is -0.473. The van der Waals surface area contributed by atoms with Crippen LogP contribution in [0.4, 0.5) is 11.4 Å². The molecule has 0 amide bonds. The summed E-state index contributed by atoms with van der Waals surface area (Å²) in [6.45, 7) is 6.95. The smallest absolute Gasteiger partial charge is 0.361 e. The molecule has 0 atom stereocenters. The molecule has 6 nitrogen and oxygen atoms in total. The molecule has 2 heterocycles. The highest BCUT2D eigenvalue weighted by molar-refractivity contribution is 5.95. The van der Waals surface area contributed by atoms with Crippen molar-refractivity contribution in [3.63, 3.8) is 0 Å². The third-order valence-corrected chi connectivity index (χ3v) is 4.67. The Morgan fingerprint density at radius 3 is 2.74 bits per heavy atom. The van der Waals surface area contributed by atoms with E-state index in [-0.39, 0.29) is 5.69 Å². The molecule has 124 valence electrons. The summed E-state index contributed by atoms with van der Waals surface area (Å²) in [6.07, 6.45) is 1.06. The van der Waals surface area contributed by atoms with Crippen molar-refractivity contribution in [1.82, 2.24) is 0 Å². The van der Waals surface area contributed by atoms with Crippen LogP contribution < -0.4 is 26.5 Å². The van der Waals surface area contributed by atoms with Gasteiger partial charge in [-0.1, -0.05) is 12.1 Å². The molecule has 1 aromatic carbocycles. The lowest BCUT2D eigenvalue weighted by molar-refractivity contribution is -1.00. The minimum Gasteiger partial charge on any atom is -0.421 e. The predicted molar refractivity (Wildman–Crippen MR) is 92.2 cm³/mol. The zero-order valence-corrected chi connectivity index (χ0v) is 13.7. The van der Waals surface area contributed by atoms with Gasteiger partial charge in [0.25, 0.3) is 0 Å². The van der Waals surface area contributed by atoms with E-state index in [9.17, 15) is 4.79 Å². The van der Waals surface area contributed by atoms with Crippen molar-refractivity contribution in [3.05, 3.63) is 34.7 Å². The van der Waals surface area contributed by atoms with Crippen LogP contribution in [0.1, 0.15) is 6.42 Å². The molecule has 1 aliphatic rings. The van der Waals surface area contributed by atoms with E-state index in [1.165, 1.54) is 26.2 Å². The Balaban J connectivity index is 1.61. The topological polar surface area (TPSA) is 77.1 Å². The van der Waals surface area contributed by atoms with Gasteiger partial charge in [0.15, 0.2) is 0 Å². The average molecular weight is 318 g/mol. The number of fused-ring (bicyclic) bond motifs is 1. The molecular weight excluding hydrogens is 292 g/mol. The number of hydrogen-bond donors (Lipinski definition) is 4. The van der Waals surface area contributed by atoms with Crippen molar-refractivity contribution >= 4 is 22.3 Å². The molecule has 1 aromatic heterocycles. The maximum atomic E-state index is 11.8. The van der Waals surface area contributed by atoms with Crippen molar-refractivity contribution in [3.8, 4) is 0 Å². The van der Waals surface area contributed by atoms with Crippen molar-refractivity contribution in [2.75, 3.05) is 57.4 Å². The highest BCUT2D eigenvalue weighted by atomic mass is 16.4. The van der Waals surface area contributed by atoms with Crippen LogP contribution in [0.15, 0.2) is 33.5 Å². The fraction of sp³-hybridized carbons (Fsp3) is 0.471. The summed E-state index contributed by atoms with van der Waals surface area (Å²) in [7, 11) is 2.26. The average Bonchev–Trinajstić information content (AvgIpc) is 2.56. The Bertz CT molecular complexity index is 720. The molecule has 0 unspecified atom stereocenters. The number of anilines is 2. The van der Waals surface area contributed by atoms with E-state index in [0.29, 0.717) is 11.3 Å². The molecule has 0 saturated carbocycles. The van der Waals surface area contributed by atoms with Crippen molar-refractivity contribution in [1.29, 1.82) is 0 Å². The quantitative estimate of drug-likeness (QED) is 0.404. The van der Waals surface area contributed by atoms with E-state index < -0.39 is 5.63 Å². The summed E-state index contributed by atoms with van der Waals surface area (Å²) in [6, 6.07) is 7.48. The molecule has 1 fully saturated rings. The number of likely N-dealkylation sites (N-methyl/N-ethyl adjacent to an activating group) is 1. The maximum Gasteiger partial charge on any atom is 0.361 e. The fourth-order valence-electron chi connectivity index (χ4n) is 3.19. The van der Waals surface area contributed by atoms with Crippen molar-refractivity contribution in [2.24, 2.45) is 0 Å². The molecule has 0 bridgehead atoms. The van der Waals surface area contributed by atoms with Gasteiger partial charge in [-0.25, -0.2) is 4.79 Å². The first-order valence-corrected chi connectivity index (χ1v) is 8.35. The predicted octanol–water partition coefficient (Wildman–Crippen LogP) is -1.41. The number of benzene rings is 1. The van der Waals surface area contributed by atoms with E-state index in [1.807, 2.05) is 18.2 Å². The van der Waals surface area contributed by atoms with Crippen molar-refractivity contribution < 1.29 is 14.2 Å². The minimum absolute atomic E-state index is 0.166. The van der Waals surface area contributed by atoms with E-state index in [1.54, 1.807) is 15.9 Å². The first-order valence-electron chi connectivity index (χ1n) is 8.35. The highest BCUT2D eigenvalue weighted by Gasteiger charge is 2.19. The molecule has 0 spiro atoms. The summed E-state index contributed by atoms with van der Waals surface area (Å²) in [4.78, 5) is 15.1. The van der Waals surface area contributed by atoms with Crippen LogP contribution in [0.2, 0.25) is 0 Å². The Kier molecular flexibility index (Phi) is 4.83.